The van der Waals surface area contributed by atoms with Gasteiger partial charge in [0, 0.05) is 0 Å². The molecule has 0 aliphatic carbocycles. The Kier molecular flexibility index (Phi) is 2.68. The quantitative estimate of drug-likeness (QED) is 0.563. The van der Waals surface area contributed by atoms with E-state index in [1.807, 2.05) is 0 Å². The van der Waals surface area contributed by atoms with E-state index in [1.165, 1.54) is 32.9 Å². The lowest BCUT2D eigenvalue weighted by molar-refractivity contribution is 1.51. The van der Waals surface area contributed by atoms with Crippen molar-refractivity contribution in [3.63, 3.8) is 0 Å². The highest BCUT2D eigenvalue weighted by molar-refractivity contribution is 6.33. The average molecular weight is 230 g/mol. The summed E-state index contributed by atoms with van der Waals surface area (Å²) in [5, 5.41) is 2.60. The number of hydrogen-bond donors (Lipinski definition) is 0. The van der Waals surface area contributed by atoms with E-state index in [2.05, 4.69) is 75.4 Å². The normalized spacial score (nSPS) is 10.7. The molecule has 0 atom stereocenters. The third-order valence-corrected chi connectivity index (χ3v) is 3.59. The molecule has 0 fully saturated rings. The Morgan fingerprint density at radius 3 is 2.17 bits per heavy atom. The zero-order valence-electron chi connectivity index (χ0n) is 10.8. The first-order chi connectivity index (χ1) is 8.74. The summed E-state index contributed by atoms with van der Waals surface area (Å²) in [6, 6.07) is 21.8. The fourth-order valence-corrected chi connectivity index (χ4v) is 2.29. The number of hydrogen-bond acceptors (Lipinski definition) is 0. The molecule has 0 aliphatic rings. The summed E-state index contributed by atoms with van der Waals surface area (Å²) < 4.78 is 0. The molecule has 0 aromatic heterocycles. The second-order valence-corrected chi connectivity index (χ2v) is 4.86. The van der Waals surface area contributed by atoms with Crippen molar-refractivity contribution < 1.29 is 0 Å². The van der Waals surface area contributed by atoms with E-state index in [1.54, 1.807) is 0 Å². The van der Waals surface area contributed by atoms with Crippen molar-refractivity contribution in [2.24, 2.45) is 0 Å². The van der Waals surface area contributed by atoms with Crippen LogP contribution >= 0.6 is 0 Å². The third-order valence-electron chi connectivity index (χ3n) is 3.59. The third kappa shape index (κ3) is 1.93. The van der Waals surface area contributed by atoms with Crippen LogP contribution in [0.4, 0.5) is 0 Å². The van der Waals surface area contributed by atoms with Gasteiger partial charge in [-0.05, 0) is 34.9 Å². The molecule has 0 aliphatic heterocycles. The smallest absolute Gasteiger partial charge is 0.0861 e. The van der Waals surface area contributed by atoms with Crippen molar-refractivity contribution in [3.05, 3.63) is 66.2 Å². The standard InChI is InChI=1S/C17H15B/c1-12-10-15(8-9-17(12)18)16-7-6-13-4-2-3-5-14(13)11-16/h2-11H,18H2,1H3. The zero-order valence-corrected chi connectivity index (χ0v) is 10.8. The van der Waals surface area contributed by atoms with Gasteiger partial charge in [-0.3, -0.25) is 0 Å². The van der Waals surface area contributed by atoms with Crippen molar-refractivity contribution in [2.45, 2.75) is 6.92 Å². The molecule has 0 radical (unpaired) electrons. The molecular formula is C17H15B. The van der Waals surface area contributed by atoms with Gasteiger partial charge in [0.1, 0.15) is 7.85 Å². The minimum atomic E-state index is 1.29. The van der Waals surface area contributed by atoms with Crippen LogP contribution in [0.5, 0.6) is 0 Å². The second-order valence-electron chi connectivity index (χ2n) is 4.86. The highest BCUT2D eigenvalue weighted by Crippen LogP contribution is 2.24. The van der Waals surface area contributed by atoms with E-state index in [-0.39, 0.29) is 0 Å². The van der Waals surface area contributed by atoms with Gasteiger partial charge in [-0.2, -0.15) is 0 Å². The summed E-state index contributed by atoms with van der Waals surface area (Å²) >= 11 is 0. The first kappa shape index (κ1) is 11.1. The van der Waals surface area contributed by atoms with Gasteiger partial charge in [-0.1, -0.05) is 65.6 Å². The van der Waals surface area contributed by atoms with Gasteiger partial charge in [0.25, 0.3) is 0 Å². The lowest BCUT2D eigenvalue weighted by Crippen LogP contribution is -2.05. The fourth-order valence-electron chi connectivity index (χ4n) is 2.29. The van der Waals surface area contributed by atoms with E-state index in [0.717, 1.165) is 0 Å². The van der Waals surface area contributed by atoms with Crippen LogP contribution in [0.1, 0.15) is 5.56 Å². The van der Waals surface area contributed by atoms with Gasteiger partial charge in [0.05, 0.1) is 0 Å². The fraction of sp³-hybridized carbons (Fsp3) is 0.0588. The molecule has 0 saturated carbocycles. The first-order valence-corrected chi connectivity index (χ1v) is 6.30. The van der Waals surface area contributed by atoms with Crippen molar-refractivity contribution in [3.8, 4) is 11.1 Å². The van der Waals surface area contributed by atoms with Crippen LogP contribution in [0.15, 0.2) is 60.7 Å². The van der Waals surface area contributed by atoms with Crippen LogP contribution in [0.2, 0.25) is 0 Å². The Labute approximate surface area is 109 Å². The Morgan fingerprint density at radius 2 is 1.39 bits per heavy atom. The van der Waals surface area contributed by atoms with Crippen molar-refractivity contribution in [1.29, 1.82) is 0 Å². The molecule has 0 N–H and O–H groups in total. The van der Waals surface area contributed by atoms with Crippen LogP contribution in [0.25, 0.3) is 21.9 Å². The molecule has 86 valence electrons. The number of benzene rings is 3. The minimum absolute atomic E-state index is 1.29. The molecule has 0 saturated heterocycles. The Hall–Kier alpha value is -2.02. The largest absolute Gasteiger partial charge is 0.139 e. The summed E-state index contributed by atoms with van der Waals surface area (Å²) in [5.41, 5.74) is 5.28. The van der Waals surface area contributed by atoms with E-state index in [9.17, 15) is 0 Å². The summed E-state index contributed by atoms with van der Waals surface area (Å²) in [7, 11) is 2.15. The maximum atomic E-state index is 2.26. The van der Waals surface area contributed by atoms with Gasteiger partial charge in [-0.15, -0.1) is 0 Å². The number of aryl methyl sites for hydroxylation is 1. The Bertz CT molecular complexity index is 714. The maximum Gasteiger partial charge on any atom is 0.139 e. The molecule has 0 amide bonds. The van der Waals surface area contributed by atoms with Gasteiger partial charge < -0.3 is 0 Å². The van der Waals surface area contributed by atoms with Crippen molar-refractivity contribution in [1.82, 2.24) is 0 Å². The molecule has 0 unspecified atom stereocenters. The van der Waals surface area contributed by atoms with Crippen molar-refractivity contribution >= 4 is 24.1 Å². The molecular weight excluding hydrogens is 215 g/mol. The first-order valence-electron chi connectivity index (χ1n) is 6.30. The molecule has 1 heteroatoms. The average Bonchev–Trinajstić information content (AvgIpc) is 2.41. The summed E-state index contributed by atoms with van der Waals surface area (Å²) in [6.07, 6.45) is 0. The molecule has 3 aromatic rings. The lowest BCUT2D eigenvalue weighted by Gasteiger charge is -2.07. The maximum absolute atomic E-state index is 2.26. The summed E-state index contributed by atoms with van der Waals surface area (Å²) in [5.74, 6) is 0. The molecule has 3 aromatic carbocycles. The van der Waals surface area contributed by atoms with E-state index < -0.39 is 0 Å². The van der Waals surface area contributed by atoms with Crippen LogP contribution in [0.3, 0.4) is 0 Å². The predicted octanol–water partition coefficient (Wildman–Crippen LogP) is 3.07. The lowest BCUT2D eigenvalue weighted by atomic mass is 9.88. The van der Waals surface area contributed by atoms with Crippen LogP contribution in [0, 0.1) is 6.92 Å². The van der Waals surface area contributed by atoms with Gasteiger partial charge in [0.2, 0.25) is 0 Å². The molecule has 3 rings (SSSR count). The van der Waals surface area contributed by atoms with Crippen LogP contribution in [-0.2, 0) is 0 Å². The second kappa shape index (κ2) is 4.34. The minimum Gasteiger partial charge on any atom is -0.0861 e. The van der Waals surface area contributed by atoms with Crippen LogP contribution < -0.4 is 5.46 Å². The van der Waals surface area contributed by atoms with E-state index in [4.69, 9.17) is 0 Å². The zero-order chi connectivity index (χ0) is 12.5. The predicted molar refractivity (Wildman–Crippen MR) is 82.3 cm³/mol. The Morgan fingerprint density at radius 1 is 0.722 bits per heavy atom. The summed E-state index contributed by atoms with van der Waals surface area (Å²) in [6.45, 7) is 2.17. The number of rotatable bonds is 1. The van der Waals surface area contributed by atoms with Crippen LogP contribution in [-0.4, -0.2) is 7.85 Å². The summed E-state index contributed by atoms with van der Waals surface area (Å²) in [4.78, 5) is 0. The Balaban J connectivity index is 2.16. The molecule has 0 nitrogen and oxygen atoms in total. The molecule has 0 heterocycles. The molecule has 18 heavy (non-hydrogen) atoms. The van der Waals surface area contributed by atoms with Gasteiger partial charge in [-0.25, -0.2) is 0 Å². The van der Waals surface area contributed by atoms with Crippen molar-refractivity contribution in [2.75, 3.05) is 0 Å². The topological polar surface area (TPSA) is 0 Å². The van der Waals surface area contributed by atoms with Gasteiger partial charge in [0.15, 0.2) is 0 Å². The highest BCUT2D eigenvalue weighted by atomic mass is 14.0. The SMILES string of the molecule is Bc1ccc(-c2ccc3ccccc3c2)cc1C. The monoisotopic (exact) mass is 230 g/mol. The highest BCUT2D eigenvalue weighted by Gasteiger charge is 2.01. The number of fused-ring (bicyclic) bond motifs is 1. The van der Waals surface area contributed by atoms with E-state index in [0.29, 0.717) is 0 Å². The van der Waals surface area contributed by atoms with Gasteiger partial charge >= 0.3 is 0 Å². The molecule has 0 spiro atoms. The molecule has 0 bridgehead atoms. The van der Waals surface area contributed by atoms with E-state index >= 15 is 0 Å².